The van der Waals surface area contributed by atoms with E-state index in [1.54, 1.807) is 24.3 Å². The number of anilines is 3. The Morgan fingerprint density at radius 1 is 1.02 bits per heavy atom. The van der Waals surface area contributed by atoms with Gasteiger partial charge in [-0.15, -0.1) is 0 Å². The number of methoxy groups -OCH3 is 1. The van der Waals surface area contributed by atoms with Gasteiger partial charge in [-0.25, -0.2) is 4.79 Å². The van der Waals surface area contributed by atoms with Gasteiger partial charge >= 0.3 is 6.03 Å². The van der Waals surface area contributed by atoms with Gasteiger partial charge in [-0.2, -0.15) is 15.0 Å². The van der Waals surface area contributed by atoms with Crippen molar-refractivity contribution in [1.82, 2.24) is 20.3 Å². The predicted molar refractivity (Wildman–Crippen MR) is 171 cm³/mol. The van der Waals surface area contributed by atoms with Gasteiger partial charge in [0, 0.05) is 49.5 Å². The molecule has 2 aliphatic heterocycles. The van der Waals surface area contributed by atoms with Crippen molar-refractivity contribution in [3.63, 3.8) is 0 Å². The average Bonchev–Trinajstić information content (AvgIpc) is 3.62. The summed E-state index contributed by atoms with van der Waals surface area (Å²) in [5.74, 6) is 0.976. The standard InChI is InChI=1S/C23H31N5O2.C9H13N3O2/c1-4-18(2)25-23(29)28(17-24)21-7-5-19(6-8-21)26-13-15-27(16-14-26)20-9-11-22(30-3)12-10-20;1-2-8(1)9(13-5-6-14-9)7-12-10-3-4-11-12/h5-12,17-18,24H,4,13-16H2,1-3H3,(H,25,29);3-4,8H,1-2,5-7H2. The van der Waals surface area contributed by atoms with Crippen molar-refractivity contribution in [3.8, 4) is 5.75 Å². The first-order valence-electron chi connectivity index (χ1n) is 15.4. The van der Waals surface area contributed by atoms with E-state index in [0.717, 1.165) is 50.4 Å². The second kappa shape index (κ2) is 14.5. The minimum atomic E-state index is -0.432. The molecule has 236 valence electrons. The summed E-state index contributed by atoms with van der Waals surface area (Å²) < 4.78 is 16.7. The maximum Gasteiger partial charge on any atom is 0.327 e. The molecule has 1 aromatic heterocycles. The molecule has 6 rings (SSSR count). The number of amides is 2. The number of rotatable bonds is 10. The van der Waals surface area contributed by atoms with Crippen LogP contribution in [0.15, 0.2) is 60.9 Å². The molecule has 3 fully saturated rings. The molecular weight excluding hydrogens is 560 g/mol. The van der Waals surface area contributed by atoms with Crippen LogP contribution in [0.5, 0.6) is 5.75 Å². The number of hydrogen-bond acceptors (Lipinski definition) is 9. The Kier molecular flexibility index (Phi) is 10.3. The number of piperazine rings is 1. The first-order chi connectivity index (χ1) is 21.4. The van der Waals surface area contributed by atoms with Gasteiger partial charge < -0.3 is 29.3 Å². The maximum absolute atomic E-state index is 12.4. The number of carbonyl (C=O) groups is 1. The smallest absolute Gasteiger partial charge is 0.327 e. The fraction of sp³-hybridized carbons (Fsp3) is 0.500. The highest BCUT2D eigenvalue weighted by atomic mass is 16.7. The van der Waals surface area contributed by atoms with Crippen molar-refractivity contribution in [3.05, 3.63) is 60.9 Å². The Bertz CT molecular complexity index is 1320. The van der Waals surface area contributed by atoms with Crippen molar-refractivity contribution in [1.29, 1.82) is 5.41 Å². The molecule has 0 spiro atoms. The zero-order chi connectivity index (χ0) is 30.9. The summed E-state index contributed by atoms with van der Waals surface area (Å²) in [7, 11) is 1.68. The second-order valence-corrected chi connectivity index (χ2v) is 11.3. The van der Waals surface area contributed by atoms with Crippen LogP contribution in [0.2, 0.25) is 0 Å². The molecule has 44 heavy (non-hydrogen) atoms. The number of nitrogens with one attached hydrogen (secondary N) is 2. The van der Waals surface area contributed by atoms with Gasteiger partial charge in [0.25, 0.3) is 0 Å². The predicted octanol–water partition coefficient (Wildman–Crippen LogP) is 4.37. The summed E-state index contributed by atoms with van der Waals surface area (Å²) >= 11 is 0. The number of urea groups is 1. The van der Waals surface area contributed by atoms with Crippen molar-refractivity contribution >= 4 is 29.4 Å². The topological polar surface area (TPSA) is 121 Å². The van der Waals surface area contributed by atoms with Crippen molar-refractivity contribution < 1.29 is 19.0 Å². The van der Waals surface area contributed by atoms with Gasteiger partial charge in [0.2, 0.25) is 0 Å². The van der Waals surface area contributed by atoms with E-state index >= 15 is 0 Å². The maximum atomic E-state index is 12.4. The Hall–Kier alpha value is -4.16. The molecular formula is C32H44N8O4. The van der Waals surface area contributed by atoms with Crippen LogP contribution in [0.1, 0.15) is 33.1 Å². The molecule has 1 saturated carbocycles. The number of nitrogens with zero attached hydrogens (tertiary/aromatic N) is 6. The molecule has 3 aromatic rings. The molecule has 12 nitrogen and oxygen atoms in total. The third-order valence-electron chi connectivity index (χ3n) is 8.34. The lowest BCUT2D eigenvalue weighted by Crippen LogP contribution is -2.46. The summed E-state index contributed by atoms with van der Waals surface area (Å²) in [4.78, 5) is 20.1. The number of benzene rings is 2. The fourth-order valence-electron chi connectivity index (χ4n) is 5.44. The summed E-state index contributed by atoms with van der Waals surface area (Å²) in [5, 5.41) is 18.7. The van der Waals surface area contributed by atoms with Gasteiger partial charge in [0.15, 0.2) is 5.79 Å². The summed E-state index contributed by atoms with van der Waals surface area (Å²) in [5.41, 5.74) is 3.02. The average molecular weight is 605 g/mol. The quantitative estimate of drug-likeness (QED) is 0.259. The van der Waals surface area contributed by atoms with E-state index in [4.69, 9.17) is 19.6 Å². The highest BCUT2D eigenvalue weighted by molar-refractivity contribution is 6.06. The summed E-state index contributed by atoms with van der Waals surface area (Å²) in [6.07, 6.45) is 7.65. The molecule has 3 aliphatic rings. The van der Waals surface area contributed by atoms with Gasteiger partial charge in [-0.1, -0.05) is 6.92 Å². The lowest BCUT2D eigenvalue weighted by Gasteiger charge is -2.37. The Balaban J connectivity index is 0.000000226. The van der Waals surface area contributed by atoms with Crippen LogP contribution in [0, 0.1) is 11.3 Å². The molecule has 2 aromatic carbocycles. The molecule has 2 N–H and O–H groups in total. The molecule has 1 aliphatic carbocycles. The second-order valence-electron chi connectivity index (χ2n) is 11.3. The van der Waals surface area contributed by atoms with E-state index in [1.807, 2.05) is 50.2 Å². The van der Waals surface area contributed by atoms with E-state index in [1.165, 1.54) is 23.4 Å². The first-order valence-corrected chi connectivity index (χ1v) is 15.4. The van der Waals surface area contributed by atoms with Gasteiger partial charge in [0.05, 0.1) is 44.7 Å². The highest BCUT2D eigenvalue weighted by Gasteiger charge is 2.50. The zero-order valence-corrected chi connectivity index (χ0v) is 25.9. The third-order valence-corrected chi connectivity index (χ3v) is 8.34. The van der Waals surface area contributed by atoms with Gasteiger partial charge in [-0.05, 0) is 74.7 Å². The zero-order valence-electron chi connectivity index (χ0n) is 25.9. The van der Waals surface area contributed by atoms with Crippen LogP contribution >= 0.6 is 0 Å². The van der Waals surface area contributed by atoms with E-state index in [0.29, 0.717) is 31.4 Å². The Morgan fingerprint density at radius 3 is 2.05 bits per heavy atom. The SMILES string of the molecule is CCC(C)NC(=O)N(C=N)c1ccc(N2CCN(c3ccc(OC)cc3)CC2)cc1.c1cnn(CC2(C3CC3)OCCO2)n1. The number of ether oxygens (including phenoxy) is 3. The van der Waals surface area contributed by atoms with E-state index in [-0.39, 0.29) is 12.1 Å². The number of aromatic nitrogens is 3. The minimum Gasteiger partial charge on any atom is -0.497 e. The van der Waals surface area contributed by atoms with E-state index < -0.39 is 5.79 Å². The molecule has 2 saturated heterocycles. The molecule has 3 heterocycles. The van der Waals surface area contributed by atoms with Crippen LogP contribution < -0.4 is 24.8 Å². The largest absolute Gasteiger partial charge is 0.497 e. The number of hydrogen-bond donors (Lipinski definition) is 2. The lowest BCUT2D eigenvalue weighted by atomic mass is 10.2. The molecule has 1 atom stereocenters. The molecule has 1 unspecified atom stereocenters. The highest BCUT2D eigenvalue weighted by Crippen LogP contribution is 2.45. The Morgan fingerprint density at radius 2 is 1.57 bits per heavy atom. The van der Waals surface area contributed by atoms with Crippen molar-refractivity contribution in [2.75, 3.05) is 61.2 Å². The molecule has 2 amide bonds. The van der Waals surface area contributed by atoms with Gasteiger partial charge in [-0.3, -0.25) is 10.3 Å². The van der Waals surface area contributed by atoms with E-state index in [9.17, 15) is 4.79 Å². The Labute approximate surface area is 259 Å². The van der Waals surface area contributed by atoms with Gasteiger partial charge in [0.1, 0.15) is 12.3 Å². The van der Waals surface area contributed by atoms with Crippen molar-refractivity contribution in [2.45, 2.75) is 51.5 Å². The summed E-state index contributed by atoms with van der Waals surface area (Å²) in [6, 6.07) is 15.8. The van der Waals surface area contributed by atoms with Crippen LogP contribution in [0.25, 0.3) is 0 Å². The molecule has 12 heteroatoms. The summed E-state index contributed by atoms with van der Waals surface area (Å²) in [6.45, 7) is 9.70. The molecule has 0 bridgehead atoms. The van der Waals surface area contributed by atoms with Crippen LogP contribution in [-0.2, 0) is 16.0 Å². The van der Waals surface area contributed by atoms with Crippen molar-refractivity contribution in [2.24, 2.45) is 5.92 Å². The third kappa shape index (κ3) is 7.67. The monoisotopic (exact) mass is 604 g/mol. The van der Waals surface area contributed by atoms with E-state index in [2.05, 4.69) is 37.4 Å². The first kappa shape index (κ1) is 31.3. The lowest BCUT2D eigenvalue weighted by molar-refractivity contribution is -0.186. The minimum absolute atomic E-state index is 0.0706. The molecule has 0 radical (unpaired) electrons. The fourth-order valence-corrected chi connectivity index (χ4v) is 5.44. The van der Waals surface area contributed by atoms with Crippen LogP contribution in [0.3, 0.4) is 0 Å². The number of carbonyl (C=O) groups excluding carboxylic acids is 1. The van der Waals surface area contributed by atoms with Crippen LogP contribution in [0.4, 0.5) is 21.9 Å². The normalized spacial score (nSPS) is 18.2. The van der Waals surface area contributed by atoms with Crippen LogP contribution in [-0.4, -0.2) is 85.7 Å².